The number of nitrogens with zero attached hydrogens (tertiary/aromatic N) is 1. The first kappa shape index (κ1) is 12.9. The second-order valence-electron chi connectivity index (χ2n) is 4.20. The number of amides is 2. The third kappa shape index (κ3) is 2.01. The molecule has 1 aromatic carbocycles. The van der Waals surface area contributed by atoms with Crippen molar-refractivity contribution in [3.63, 3.8) is 0 Å². The Labute approximate surface area is 123 Å². The van der Waals surface area contributed by atoms with E-state index in [2.05, 4.69) is 0 Å². The van der Waals surface area contributed by atoms with Crippen LogP contribution in [0.2, 0.25) is 5.02 Å². The van der Waals surface area contributed by atoms with Crippen LogP contribution >= 0.6 is 22.9 Å². The summed E-state index contributed by atoms with van der Waals surface area (Å²) < 4.78 is 0. The molecule has 1 N–H and O–H groups in total. The average Bonchev–Trinajstić information content (AvgIpc) is 2.97. The summed E-state index contributed by atoms with van der Waals surface area (Å²) in [5.41, 5.74) is 2.11. The predicted molar refractivity (Wildman–Crippen MR) is 79.2 cm³/mol. The Bertz CT molecular complexity index is 737. The number of benzene rings is 1. The molecular weight excluding hydrogens is 298 g/mol. The van der Waals surface area contributed by atoms with Crippen molar-refractivity contribution in [3.8, 4) is 0 Å². The number of thiophene rings is 1. The molecule has 20 heavy (non-hydrogen) atoms. The molecule has 6 heteroatoms. The number of carbonyl (C=O) groups excluding carboxylic acids is 1. The van der Waals surface area contributed by atoms with Gasteiger partial charge < -0.3 is 5.11 Å². The van der Waals surface area contributed by atoms with E-state index in [4.69, 9.17) is 11.6 Å². The molecule has 0 unspecified atom stereocenters. The first-order valence-electron chi connectivity index (χ1n) is 5.69. The minimum Gasteiger partial charge on any atom is -0.464 e. The van der Waals surface area contributed by atoms with Crippen molar-refractivity contribution >= 4 is 52.3 Å². The topological polar surface area (TPSA) is 57.6 Å². The van der Waals surface area contributed by atoms with Gasteiger partial charge in [-0.15, -0.1) is 0 Å². The van der Waals surface area contributed by atoms with Gasteiger partial charge in [0.15, 0.2) is 0 Å². The zero-order valence-electron chi connectivity index (χ0n) is 10.0. The Balaban J connectivity index is 2.19. The molecule has 2 aromatic rings. The van der Waals surface area contributed by atoms with Crippen molar-refractivity contribution in [2.45, 2.75) is 0 Å². The normalized spacial score (nSPS) is 15.8. The van der Waals surface area contributed by atoms with Crippen LogP contribution in [0.5, 0.6) is 0 Å². The molecule has 0 saturated heterocycles. The zero-order chi connectivity index (χ0) is 14.3. The Morgan fingerprint density at radius 2 is 2.15 bits per heavy atom. The second kappa shape index (κ2) is 4.77. The third-order valence-corrected chi connectivity index (χ3v) is 3.91. The molecule has 4 nitrogen and oxygen atoms in total. The minimum absolute atomic E-state index is 0.302. The van der Waals surface area contributed by atoms with E-state index in [9.17, 15) is 14.7 Å². The number of imide groups is 1. The highest BCUT2D eigenvalue weighted by Gasteiger charge is 2.36. The molecule has 0 bridgehead atoms. The van der Waals surface area contributed by atoms with Gasteiger partial charge >= 0.3 is 6.09 Å². The summed E-state index contributed by atoms with van der Waals surface area (Å²) >= 11 is 7.39. The van der Waals surface area contributed by atoms with E-state index >= 15 is 0 Å². The number of carbonyl (C=O) groups is 2. The van der Waals surface area contributed by atoms with Gasteiger partial charge in [-0.3, -0.25) is 4.79 Å². The number of carboxylic acid groups (broad SMARTS) is 1. The lowest BCUT2D eigenvalue weighted by molar-refractivity contribution is -0.112. The monoisotopic (exact) mass is 305 g/mol. The standard InChI is InChI=1S/C14H8ClNO3S/c15-9-1-2-10-11(5-8-3-4-20-7-8)13(17)16(14(18)19)12(10)6-9/h1-7H,(H,18,19). The highest BCUT2D eigenvalue weighted by molar-refractivity contribution is 7.08. The van der Waals surface area contributed by atoms with Crippen LogP contribution in [0.3, 0.4) is 0 Å². The van der Waals surface area contributed by atoms with Crippen molar-refractivity contribution in [1.29, 1.82) is 0 Å². The van der Waals surface area contributed by atoms with Gasteiger partial charge in [0.05, 0.1) is 11.3 Å². The van der Waals surface area contributed by atoms with Crippen LogP contribution in [0.15, 0.2) is 35.0 Å². The van der Waals surface area contributed by atoms with E-state index in [0.29, 0.717) is 21.8 Å². The predicted octanol–water partition coefficient (Wildman–Crippen LogP) is 3.97. The smallest absolute Gasteiger partial charge is 0.419 e. The molecule has 100 valence electrons. The molecule has 0 radical (unpaired) electrons. The SMILES string of the molecule is O=C(O)N1C(=O)C(=Cc2ccsc2)c2ccc(Cl)cc21. The van der Waals surface area contributed by atoms with E-state index in [-0.39, 0.29) is 0 Å². The van der Waals surface area contributed by atoms with Crippen molar-refractivity contribution < 1.29 is 14.7 Å². The molecule has 0 fully saturated rings. The van der Waals surface area contributed by atoms with Gasteiger partial charge in [-0.2, -0.15) is 11.3 Å². The van der Waals surface area contributed by atoms with Crippen molar-refractivity contribution in [2.75, 3.05) is 4.90 Å². The molecule has 1 aliphatic rings. The van der Waals surface area contributed by atoms with Gasteiger partial charge in [0, 0.05) is 10.6 Å². The lowest BCUT2D eigenvalue weighted by Gasteiger charge is -2.09. The van der Waals surface area contributed by atoms with Crippen molar-refractivity contribution in [2.24, 2.45) is 0 Å². The molecule has 3 rings (SSSR count). The third-order valence-electron chi connectivity index (χ3n) is 2.97. The fourth-order valence-corrected chi connectivity index (χ4v) is 2.90. The van der Waals surface area contributed by atoms with E-state index < -0.39 is 12.0 Å². The number of anilines is 1. The fourth-order valence-electron chi connectivity index (χ4n) is 2.12. The lowest BCUT2D eigenvalue weighted by atomic mass is 10.1. The van der Waals surface area contributed by atoms with Crippen LogP contribution < -0.4 is 4.90 Å². The maximum Gasteiger partial charge on any atom is 0.419 e. The van der Waals surface area contributed by atoms with Gasteiger partial charge in [-0.25, -0.2) is 9.69 Å². The zero-order valence-corrected chi connectivity index (χ0v) is 11.6. The van der Waals surface area contributed by atoms with E-state index in [1.807, 2.05) is 16.8 Å². The number of halogens is 1. The Morgan fingerprint density at radius 3 is 2.80 bits per heavy atom. The van der Waals surface area contributed by atoms with E-state index in [0.717, 1.165) is 10.5 Å². The largest absolute Gasteiger partial charge is 0.464 e. The molecule has 1 aromatic heterocycles. The second-order valence-corrected chi connectivity index (χ2v) is 5.42. The van der Waals surface area contributed by atoms with E-state index in [1.54, 1.807) is 18.2 Å². The summed E-state index contributed by atoms with van der Waals surface area (Å²) in [6, 6.07) is 6.65. The van der Waals surface area contributed by atoms with Crippen LogP contribution in [0, 0.1) is 0 Å². The number of hydrogen-bond donors (Lipinski definition) is 1. The van der Waals surface area contributed by atoms with Crippen LogP contribution in [0.1, 0.15) is 11.1 Å². The molecule has 1 aliphatic heterocycles. The van der Waals surface area contributed by atoms with Gasteiger partial charge in [0.2, 0.25) is 0 Å². The van der Waals surface area contributed by atoms with Crippen LogP contribution in [-0.4, -0.2) is 17.1 Å². The molecule has 0 spiro atoms. The molecule has 2 heterocycles. The minimum atomic E-state index is -1.31. The molecular formula is C14H8ClNO3S. The molecule has 0 saturated carbocycles. The maximum atomic E-state index is 12.3. The van der Waals surface area contributed by atoms with Gasteiger partial charge in [0.25, 0.3) is 5.91 Å². The summed E-state index contributed by atoms with van der Waals surface area (Å²) in [5, 5.41) is 13.4. The highest BCUT2D eigenvalue weighted by atomic mass is 35.5. The first-order valence-corrected chi connectivity index (χ1v) is 7.01. The summed E-state index contributed by atoms with van der Waals surface area (Å²) in [7, 11) is 0. The molecule has 2 amide bonds. The lowest BCUT2D eigenvalue weighted by Crippen LogP contribution is -2.31. The summed E-state index contributed by atoms with van der Waals surface area (Å²) in [5.74, 6) is -0.555. The van der Waals surface area contributed by atoms with Crippen LogP contribution in [0.4, 0.5) is 10.5 Å². The summed E-state index contributed by atoms with van der Waals surface area (Å²) in [6.45, 7) is 0. The Hall–Kier alpha value is -2.11. The number of hydrogen-bond acceptors (Lipinski definition) is 3. The van der Waals surface area contributed by atoms with Crippen molar-refractivity contribution in [3.05, 3.63) is 51.2 Å². The summed E-state index contributed by atoms with van der Waals surface area (Å²) in [4.78, 5) is 24.3. The fraction of sp³-hybridized carbons (Fsp3) is 0. The average molecular weight is 306 g/mol. The van der Waals surface area contributed by atoms with Crippen molar-refractivity contribution in [1.82, 2.24) is 0 Å². The maximum absolute atomic E-state index is 12.3. The number of fused-ring (bicyclic) bond motifs is 1. The van der Waals surface area contributed by atoms with Crippen LogP contribution in [-0.2, 0) is 4.79 Å². The van der Waals surface area contributed by atoms with Gasteiger partial charge in [0.1, 0.15) is 0 Å². The van der Waals surface area contributed by atoms with Gasteiger partial charge in [-0.05, 0) is 40.6 Å². The molecule has 0 aliphatic carbocycles. The number of rotatable bonds is 1. The Morgan fingerprint density at radius 1 is 1.35 bits per heavy atom. The Kier molecular flexibility index (Phi) is 3.08. The van der Waals surface area contributed by atoms with Gasteiger partial charge in [-0.1, -0.05) is 17.7 Å². The summed E-state index contributed by atoms with van der Waals surface area (Å²) in [6.07, 6.45) is 0.376. The quantitative estimate of drug-likeness (QED) is 0.811. The first-order chi connectivity index (χ1) is 9.58. The van der Waals surface area contributed by atoms with Crippen LogP contribution in [0.25, 0.3) is 11.6 Å². The van der Waals surface area contributed by atoms with E-state index in [1.165, 1.54) is 17.4 Å². The molecule has 0 atom stereocenters. The highest BCUT2D eigenvalue weighted by Crippen LogP contribution is 2.39.